The number of rotatable bonds is 3. The van der Waals surface area contributed by atoms with Gasteiger partial charge in [0.2, 0.25) is 5.91 Å². The molecule has 8 heteroatoms. The minimum Gasteiger partial charge on any atom is -0.479 e. The number of hydrogen-bond acceptors (Lipinski definition) is 3. The van der Waals surface area contributed by atoms with E-state index in [1.807, 2.05) is 0 Å². The molecule has 0 aromatic heterocycles. The molecule has 21 heavy (non-hydrogen) atoms. The molecule has 1 amide bonds. The minimum atomic E-state index is -4.23. The number of alkyl halides is 3. The van der Waals surface area contributed by atoms with Crippen LogP contribution in [0, 0.1) is 5.92 Å². The van der Waals surface area contributed by atoms with Crippen LogP contribution < -0.4 is 5.32 Å². The van der Waals surface area contributed by atoms with Gasteiger partial charge >= 0.3 is 12.1 Å². The molecule has 120 valence electrons. The number of hydrogen-bond donors (Lipinski definition) is 2. The Hall–Kier alpha value is -1.31. The van der Waals surface area contributed by atoms with Crippen molar-refractivity contribution in [2.45, 2.75) is 63.0 Å². The average molecular weight is 309 g/mol. The molecule has 0 radical (unpaired) electrons. The molecular weight excluding hydrogens is 291 g/mol. The largest absolute Gasteiger partial charge is 0.479 e. The topological polar surface area (TPSA) is 75.6 Å². The maximum Gasteiger partial charge on any atom is 0.391 e. The molecule has 0 aromatic carbocycles. The zero-order valence-electron chi connectivity index (χ0n) is 11.4. The van der Waals surface area contributed by atoms with Crippen LogP contribution in [-0.4, -0.2) is 41.4 Å². The molecule has 0 spiro atoms. The molecule has 2 fully saturated rings. The first-order valence-electron chi connectivity index (χ1n) is 7.02. The molecule has 1 heterocycles. The fraction of sp³-hybridized carbons (Fsp3) is 0.846. The van der Waals surface area contributed by atoms with E-state index in [9.17, 15) is 22.8 Å². The molecule has 4 atom stereocenters. The van der Waals surface area contributed by atoms with E-state index in [-0.39, 0.29) is 25.7 Å². The number of carboxylic acid groups (broad SMARTS) is 1. The quantitative estimate of drug-likeness (QED) is 0.834. The highest BCUT2D eigenvalue weighted by atomic mass is 19.4. The van der Waals surface area contributed by atoms with Gasteiger partial charge in [0.25, 0.3) is 0 Å². The van der Waals surface area contributed by atoms with Crippen molar-refractivity contribution < 1.29 is 32.6 Å². The van der Waals surface area contributed by atoms with Crippen molar-refractivity contribution in [3.8, 4) is 0 Å². The number of aliphatic carboxylic acids is 1. The Morgan fingerprint density at radius 1 is 1.10 bits per heavy atom. The SMILES string of the molecule is O=C(NC1CCCC(C(F)(F)F)C1)[C@@H]1CC[C@H](C(=O)O)O1. The number of carbonyl (C=O) groups excluding carboxylic acids is 1. The van der Waals surface area contributed by atoms with Crippen molar-refractivity contribution in [2.24, 2.45) is 5.92 Å². The van der Waals surface area contributed by atoms with Gasteiger partial charge in [-0.1, -0.05) is 6.42 Å². The van der Waals surface area contributed by atoms with Crippen LogP contribution in [-0.2, 0) is 14.3 Å². The van der Waals surface area contributed by atoms with E-state index in [0.29, 0.717) is 12.8 Å². The lowest BCUT2D eigenvalue weighted by Crippen LogP contribution is -2.45. The summed E-state index contributed by atoms with van der Waals surface area (Å²) >= 11 is 0. The zero-order valence-corrected chi connectivity index (χ0v) is 11.4. The van der Waals surface area contributed by atoms with Crippen LogP contribution >= 0.6 is 0 Å². The number of amides is 1. The third kappa shape index (κ3) is 4.09. The summed E-state index contributed by atoms with van der Waals surface area (Å²) in [5.41, 5.74) is 0. The van der Waals surface area contributed by atoms with E-state index in [1.165, 1.54) is 0 Å². The van der Waals surface area contributed by atoms with Crippen molar-refractivity contribution in [3.63, 3.8) is 0 Å². The molecule has 0 bridgehead atoms. The zero-order chi connectivity index (χ0) is 15.6. The maximum absolute atomic E-state index is 12.7. The van der Waals surface area contributed by atoms with Gasteiger partial charge in [-0.2, -0.15) is 13.2 Å². The fourth-order valence-electron chi connectivity index (χ4n) is 2.92. The van der Waals surface area contributed by atoms with Crippen LogP contribution in [0.25, 0.3) is 0 Å². The Labute approximate surface area is 119 Å². The minimum absolute atomic E-state index is 0.0941. The Morgan fingerprint density at radius 3 is 2.33 bits per heavy atom. The van der Waals surface area contributed by atoms with E-state index in [4.69, 9.17) is 9.84 Å². The molecule has 1 saturated carbocycles. The van der Waals surface area contributed by atoms with Gasteiger partial charge in [-0.15, -0.1) is 0 Å². The summed E-state index contributed by atoms with van der Waals surface area (Å²) in [6.45, 7) is 0. The van der Waals surface area contributed by atoms with Crippen molar-refractivity contribution in [3.05, 3.63) is 0 Å². The summed E-state index contributed by atoms with van der Waals surface area (Å²) in [7, 11) is 0. The second kappa shape index (κ2) is 6.21. The van der Waals surface area contributed by atoms with Crippen LogP contribution in [0.5, 0.6) is 0 Å². The first kappa shape index (κ1) is 16.1. The fourth-order valence-corrected chi connectivity index (χ4v) is 2.92. The van der Waals surface area contributed by atoms with Crippen LogP contribution in [0.4, 0.5) is 13.2 Å². The predicted octanol–water partition coefficient (Wildman–Crippen LogP) is 1.86. The number of carboxylic acids is 1. The summed E-state index contributed by atoms with van der Waals surface area (Å²) in [5.74, 6) is -3.01. The highest BCUT2D eigenvalue weighted by Crippen LogP contribution is 2.37. The van der Waals surface area contributed by atoms with Crippen LogP contribution in [0.3, 0.4) is 0 Å². The Balaban J connectivity index is 1.84. The van der Waals surface area contributed by atoms with Gasteiger partial charge in [0.15, 0.2) is 6.10 Å². The maximum atomic E-state index is 12.7. The van der Waals surface area contributed by atoms with E-state index in [1.54, 1.807) is 0 Å². The molecule has 2 unspecified atom stereocenters. The average Bonchev–Trinajstić information content (AvgIpc) is 2.88. The van der Waals surface area contributed by atoms with Crippen molar-refractivity contribution >= 4 is 11.9 Å². The smallest absolute Gasteiger partial charge is 0.391 e. The highest BCUT2D eigenvalue weighted by Gasteiger charge is 2.43. The van der Waals surface area contributed by atoms with E-state index in [0.717, 1.165) is 0 Å². The van der Waals surface area contributed by atoms with Gasteiger partial charge in [-0.05, 0) is 32.1 Å². The van der Waals surface area contributed by atoms with Gasteiger partial charge in [-0.3, -0.25) is 4.79 Å². The third-order valence-corrected chi connectivity index (χ3v) is 4.07. The summed E-state index contributed by atoms with van der Waals surface area (Å²) in [4.78, 5) is 22.7. The van der Waals surface area contributed by atoms with E-state index >= 15 is 0 Å². The van der Waals surface area contributed by atoms with E-state index in [2.05, 4.69) is 5.32 Å². The molecule has 0 aromatic rings. The lowest BCUT2D eigenvalue weighted by atomic mass is 9.85. The number of ether oxygens (including phenoxy) is 1. The van der Waals surface area contributed by atoms with Gasteiger partial charge in [-0.25, -0.2) is 4.79 Å². The van der Waals surface area contributed by atoms with Crippen molar-refractivity contribution in [2.75, 3.05) is 0 Å². The standard InChI is InChI=1S/C13H18F3NO4/c14-13(15,16)7-2-1-3-8(6-7)17-11(18)9-4-5-10(21-9)12(19)20/h7-10H,1-6H2,(H,17,18)(H,19,20)/t7?,8?,9-,10+/m0/s1. The monoisotopic (exact) mass is 309 g/mol. The normalized spacial score (nSPS) is 33.7. The van der Waals surface area contributed by atoms with Crippen LogP contribution in [0.1, 0.15) is 38.5 Å². The van der Waals surface area contributed by atoms with Crippen molar-refractivity contribution in [1.82, 2.24) is 5.32 Å². The summed E-state index contributed by atoms with van der Waals surface area (Å²) in [5, 5.41) is 11.3. The lowest BCUT2D eigenvalue weighted by Gasteiger charge is -2.31. The number of carbonyl (C=O) groups is 2. The molecule has 1 saturated heterocycles. The Kier molecular flexibility index (Phi) is 4.75. The molecular formula is C13H18F3NO4. The number of nitrogens with one attached hydrogen (secondary N) is 1. The summed E-state index contributed by atoms with van der Waals surface area (Å²) in [6, 6.07) is -0.523. The molecule has 1 aliphatic heterocycles. The third-order valence-electron chi connectivity index (χ3n) is 4.07. The van der Waals surface area contributed by atoms with Gasteiger partial charge in [0, 0.05) is 6.04 Å². The van der Waals surface area contributed by atoms with Gasteiger partial charge in [0.05, 0.1) is 5.92 Å². The first-order chi connectivity index (χ1) is 9.77. The van der Waals surface area contributed by atoms with E-state index < -0.39 is 42.2 Å². The summed E-state index contributed by atoms with van der Waals surface area (Å²) < 4.78 is 43.2. The summed E-state index contributed by atoms with van der Waals surface area (Å²) in [6.07, 6.45) is -4.71. The molecule has 2 aliphatic rings. The van der Waals surface area contributed by atoms with Crippen LogP contribution in [0.2, 0.25) is 0 Å². The Morgan fingerprint density at radius 2 is 1.76 bits per heavy atom. The second-order valence-corrected chi connectivity index (χ2v) is 5.64. The second-order valence-electron chi connectivity index (χ2n) is 5.64. The van der Waals surface area contributed by atoms with Gasteiger partial charge < -0.3 is 15.2 Å². The molecule has 2 N–H and O–H groups in total. The lowest BCUT2D eigenvalue weighted by molar-refractivity contribution is -0.184. The number of halogens is 3. The van der Waals surface area contributed by atoms with Crippen LogP contribution in [0.15, 0.2) is 0 Å². The first-order valence-corrected chi connectivity index (χ1v) is 7.02. The van der Waals surface area contributed by atoms with Crippen molar-refractivity contribution in [1.29, 1.82) is 0 Å². The molecule has 1 aliphatic carbocycles. The Bertz CT molecular complexity index is 413. The highest BCUT2D eigenvalue weighted by molar-refractivity contribution is 5.82. The van der Waals surface area contributed by atoms with Gasteiger partial charge in [0.1, 0.15) is 6.10 Å². The molecule has 5 nitrogen and oxygen atoms in total. The molecule has 2 rings (SSSR count). The predicted molar refractivity (Wildman–Crippen MR) is 65.5 cm³/mol.